The molecule has 8 nitrogen and oxygen atoms in total. The van der Waals surface area contributed by atoms with E-state index in [0.29, 0.717) is 17.0 Å². The van der Waals surface area contributed by atoms with Gasteiger partial charge < -0.3 is 14.8 Å². The number of benzene rings is 2. The van der Waals surface area contributed by atoms with Crippen LogP contribution in [-0.4, -0.2) is 47.2 Å². The molecule has 0 bridgehead atoms. The van der Waals surface area contributed by atoms with Crippen molar-refractivity contribution in [1.82, 2.24) is 4.90 Å². The number of imide groups is 1. The van der Waals surface area contributed by atoms with E-state index in [2.05, 4.69) is 5.32 Å². The molecule has 0 aromatic heterocycles. The Kier molecular flexibility index (Phi) is 8.36. The fourth-order valence-electron chi connectivity index (χ4n) is 3.00. The quantitative estimate of drug-likeness (QED) is 0.414. The van der Waals surface area contributed by atoms with E-state index in [1.54, 1.807) is 38.1 Å². The van der Waals surface area contributed by atoms with Gasteiger partial charge in [0.05, 0.1) is 16.0 Å². The SMILES string of the molecule is Cc1cccc(NC(=O)COc2ccc(/C=C3\SC(=O)N(CC(=O)OC(C)C)C3=O)cc2Cl)c1. The summed E-state index contributed by atoms with van der Waals surface area (Å²) < 4.78 is 10.5. The number of esters is 1. The van der Waals surface area contributed by atoms with Gasteiger partial charge in [-0.2, -0.15) is 0 Å². The summed E-state index contributed by atoms with van der Waals surface area (Å²) in [5.41, 5.74) is 2.24. The Morgan fingerprint density at radius 3 is 2.62 bits per heavy atom. The first kappa shape index (κ1) is 25.3. The van der Waals surface area contributed by atoms with E-state index in [1.807, 2.05) is 25.1 Å². The summed E-state index contributed by atoms with van der Waals surface area (Å²) in [6.45, 7) is 4.60. The lowest BCUT2D eigenvalue weighted by Crippen LogP contribution is -2.35. The summed E-state index contributed by atoms with van der Waals surface area (Å²) in [7, 11) is 0. The van der Waals surface area contributed by atoms with Crippen molar-refractivity contribution in [2.75, 3.05) is 18.5 Å². The zero-order valence-electron chi connectivity index (χ0n) is 18.8. The predicted octanol–water partition coefficient (Wildman–Crippen LogP) is 4.65. The van der Waals surface area contributed by atoms with Crippen LogP contribution >= 0.6 is 23.4 Å². The van der Waals surface area contributed by atoms with Gasteiger partial charge in [0, 0.05) is 5.69 Å². The van der Waals surface area contributed by atoms with Crippen molar-refractivity contribution in [2.24, 2.45) is 0 Å². The molecule has 1 saturated heterocycles. The Balaban J connectivity index is 1.61. The van der Waals surface area contributed by atoms with Crippen molar-refractivity contribution in [1.29, 1.82) is 0 Å². The van der Waals surface area contributed by atoms with Crippen LogP contribution in [0.2, 0.25) is 5.02 Å². The van der Waals surface area contributed by atoms with Crippen LogP contribution < -0.4 is 10.1 Å². The molecule has 3 rings (SSSR count). The second kappa shape index (κ2) is 11.2. The van der Waals surface area contributed by atoms with Crippen molar-refractivity contribution in [3.8, 4) is 5.75 Å². The predicted molar refractivity (Wildman–Crippen MR) is 131 cm³/mol. The van der Waals surface area contributed by atoms with E-state index in [-0.39, 0.29) is 28.5 Å². The number of thioether (sulfide) groups is 1. The third-order valence-corrected chi connectivity index (χ3v) is 5.65. The maximum atomic E-state index is 12.5. The molecule has 3 amide bonds. The molecule has 0 spiro atoms. The second-order valence-corrected chi connectivity index (χ2v) is 9.10. The highest BCUT2D eigenvalue weighted by atomic mass is 35.5. The van der Waals surface area contributed by atoms with Crippen LogP contribution in [0.5, 0.6) is 5.75 Å². The molecular weight excluding hydrogens is 480 g/mol. The first-order valence-corrected chi connectivity index (χ1v) is 11.6. The second-order valence-electron chi connectivity index (χ2n) is 7.70. The molecule has 1 aliphatic heterocycles. The minimum atomic E-state index is -0.658. The number of rotatable bonds is 8. The highest BCUT2D eigenvalue weighted by molar-refractivity contribution is 8.18. The van der Waals surface area contributed by atoms with E-state index in [0.717, 1.165) is 22.2 Å². The summed E-state index contributed by atoms with van der Waals surface area (Å²) in [6.07, 6.45) is 1.15. The smallest absolute Gasteiger partial charge is 0.326 e. The standard InChI is InChI=1S/C24H23ClN2O6S/c1-14(2)33-22(29)12-27-23(30)20(34-24(27)31)11-16-7-8-19(18(25)10-16)32-13-21(28)26-17-6-4-5-15(3)9-17/h4-11,14H,12-13H2,1-3H3,(H,26,28)/b20-11-. The molecule has 34 heavy (non-hydrogen) atoms. The normalized spacial score (nSPS) is 14.6. The molecule has 0 radical (unpaired) electrons. The molecule has 0 unspecified atom stereocenters. The number of aryl methyl sites for hydroxylation is 1. The summed E-state index contributed by atoms with van der Waals surface area (Å²) in [5, 5.41) is 2.42. The Labute approximate surface area is 206 Å². The van der Waals surface area contributed by atoms with Gasteiger partial charge in [-0.3, -0.25) is 24.1 Å². The number of ether oxygens (including phenoxy) is 2. The lowest BCUT2D eigenvalue weighted by molar-refractivity contribution is -0.149. The minimum absolute atomic E-state index is 0.157. The molecule has 0 aliphatic carbocycles. The molecule has 2 aromatic rings. The van der Waals surface area contributed by atoms with Crippen LogP contribution in [0.25, 0.3) is 6.08 Å². The topological polar surface area (TPSA) is 102 Å². The molecule has 2 aromatic carbocycles. The number of hydrogen-bond acceptors (Lipinski definition) is 7. The number of hydrogen-bond donors (Lipinski definition) is 1. The lowest BCUT2D eigenvalue weighted by atomic mass is 10.2. The largest absolute Gasteiger partial charge is 0.482 e. The van der Waals surface area contributed by atoms with Crippen LogP contribution in [0.4, 0.5) is 10.5 Å². The maximum Gasteiger partial charge on any atom is 0.326 e. The Morgan fingerprint density at radius 1 is 1.18 bits per heavy atom. The van der Waals surface area contributed by atoms with Crippen LogP contribution in [0.15, 0.2) is 47.4 Å². The van der Waals surface area contributed by atoms with Gasteiger partial charge in [-0.05, 0) is 74.0 Å². The van der Waals surface area contributed by atoms with E-state index in [9.17, 15) is 19.2 Å². The molecule has 1 aliphatic rings. The highest BCUT2D eigenvalue weighted by Gasteiger charge is 2.36. The van der Waals surface area contributed by atoms with E-state index in [1.165, 1.54) is 6.08 Å². The molecule has 0 saturated carbocycles. The fourth-order valence-corrected chi connectivity index (χ4v) is 4.09. The Bertz CT molecular complexity index is 1160. The zero-order valence-corrected chi connectivity index (χ0v) is 20.4. The lowest BCUT2D eigenvalue weighted by Gasteiger charge is -2.13. The van der Waals surface area contributed by atoms with Gasteiger partial charge in [-0.1, -0.05) is 29.8 Å². The van der Waals surface area contributed by atoms with E-state index < -0.39 is 23.7 Å². The first-order valence-electron chi connectivity index (χ1n) is 10.4. The fraction of sp³-hybridized carbons (Fsp3) is 0.250. The van der Waals surface area contributed by atoms with Gasteiger partial charge in [-0.25, -0.2) is 0 Å². The van der Waals surface area contributed by atoms with Gasteiger partial charge in [-0.15, -0.1) is 0 Å². The Hall–Kier alpha value is -3.30. The minimum Gasteiger partial charge on any atom is -0.482 e. The van der Waals surface area contributed by atoms with E-state index >= 15 is 0 Å². The van der Waals surface area contributed by atoms with Crippen LogP contribution in [0.1, 0.15) is 25.0 Å². The van der Waals surface area contributed by atoms with Crippen molar-refractivity contribution in [2.45, 2.75) is 26.9 Å². The first-order chi connectivity index (χ1) is 16.1. The van der Waals surface area contributed by atoms with Gasteiger partial charge in [0.25, 0.3) is 17.1 Å². The third kappa shape index (κ3) is 6.85. The van der Waals surface area contributed by atoms with E-state index in [4.69, 9.17) is 21.1 Å². The number of halogens is 1. The number of nitrogens with zero attached hydrogens (tertiary/aromatic N) is 1. The average Bonchev–Trinajstić information content (AvgIpc) is 3.00. The van der Waals surface area contributed by atoms with Crippen LogP contribution in [0, 0.1) is 6.92 Å². The molecule has 1 fully saturated rings. The molecule has 178 valence electrons. The van der Waals surface area contributed by atoms with Crippen molar-refractivity contribution in [3.05, 3.63) is 63.5 Å². The van der Waals surface area contributed by atoms with Crippen LogP contribution in [0.3, 0.4) is 0 Å². The van der Waals surface area contributed by atoms with Gasteiger partial charge in [0.2, 0.25) is 0 Å². The number of carbonyl (C=O) groups excluding carboxylic acids is 4. The zero-order chi connectivity index (χ0) is 24.8. The highest BCUT2D eigenvalue weighted by Crippen LogP contribution is 2.33. The number of carbonyl (C=O) groups is 4. The molecular formula is C24H23ClN2O6S. The van der Waals surface area contributed by atoms with Gasteiger partial charge >= 0.3 is 5.97 Å². The van der Waals surface area contributed by atoms with Crippen molar-refractivity contribution >= 4 is 58.1 Å². The number of amides is 3. The van der Waals surface area contributed by atoms with Gasteiger partial charge in [0.1, 0.15) is 12.3 Å². The maximum absolute atomic E-state index is 12.5. The summed E-state index contributed by atoms with van der Waals surface area (Å²) in [6, 6.07) is 12.1. The molecule has 1 N–H and O–H groups in total. The third-order valence-electron chi connectivity index (χ3n) is 4.44. The molecule has 0 atom stereocenters. The average molecular weight is 503 g/mol. The molecule has 1 heterocycles. The summed E-state index contributed by atoms with van der Waals surface area (Å²) >= 11 is 7.00. The Morgan fingerprint density at radius 2 is 1.94 bits per heavy atom. The number of anilines is 1. The van der Waals surface area contributed by atoms with Crippen LogP contribution in [-0.2, 0) is 19.1 Å². The van der Waals surface area contributed by atoms with Crippen molar-refractivity contribution < 1.29 is 28.7 Å². The number of nitrogens with one attached hydrogen (secondary N) is 1. The summed E-state index contributed by atoms with van der Waals surface area (Å²) in [4.78, 5) is 49.7. The van der Waals surface area contributed by atoms with Gasteiger partial charge in [0.15, 0.2) is 6.61 Å². The van der Waals surface area contributed by atoms with Crippen molar-refractivity contribution in [3.63, 3.8) is 0 Å². The summed E-state index contributed by atoms with van der Waals surface area (Å²) in [5.74, 6) is -1.28. The molecule has 10 heteroatoms. The monoisotopic (exact) mass is 502 g/mol.